The highest BCUT2D eigenvalue weighted by atomic mass is 16.5. The van der Waals surface area contributed by atoms with E-state index in [2.05, 4.69) is 17.1 Å². The quantitative estimate of drug-likeness (QED) is 0.795. The number of carbonyl (C=O) groups excluding carboxylic acids is 1. The zero-order valence-electron chi connectivity index (χ0n) is 12.0. The predicted octanol–water partition coefficient (Wildman–Crippen LogP) is 1.25. The van der Waals surface area contributed by atoms with Crippen LogP contribution >= 0.6 is 0 Å². The Hall–Kier alpha value is -1.75. The highest BCUT2D eigenvalue weighted by Gasteiger charge is 2.19. The summed E-state index contributed by atoms with van der Waals surface area (Å²) in [4.78, 5) is 14.2. The molecule has 2 rings (SSSR count). The molecule has 20 heavy (non-hydrogen) atoms. The van der Waals surface area contributed by atoms with Crippen molar-refractivity contribution < 1.29 is 9.53 Å². The van der Waals surface area contributed by atoms with E-state index < -0.39 is 0 Å². The van der Waals surface area contributed by atoms with Gasteiger partial charge in [-0.25, -0.2) is 0 Å². The molecule has 1 aliphatic rings. The highest BCUT2D eigenvalue weighted by Crippen LogP contribution is 2.19. The van der Waals surface area contributed by atoms with Crippen molar-refractivity contribution in [3.63, 3.8) is 0 Å². The second-order valence-electron chi connectivity index (χ2n) is 5.10. The summed E-state index contributed by atoms with van der Waals surface area (Å²) in [5.74, 6) is 0.478. The first-order chi connectivity index (χ1) is 9.69. The summed E-state index contributed by atoms with van der Waals surface area (Å²) in [6.45, 7) is 5.36. The van der Waals surface area contributed by atoms with Crippen LogP contribution in [0.4, 0.5) is 5.69 Å². The van der Waals surface area contributed by atoms with Crippen LogP contribution in [0.3, 0.4) is 0 Å². The smallest absolute Gasteiger partial charge is 0.258 e. The van der Waals surface area contributed by atoms with Crippen LogP contribution in [0.25, 0.3) is 0 Å². The fraction of sp³-hybridized carbons (Fsp3) is 0.533. The zero-order chi connectivity index (χ0) is 14.4. The van der Waals surface area contributed by atoms with E-state index in [1.807, 2.05) is 12.1 Å². The van der Waals surface area contributed by atoms with Crippen molar-refractivity contribution in [2.45, 2.75) is 25.8 Å². The summed E-state index contributed by atoms with van der Waals surface area (Å²) < 4.78 is 5.43. The molecule has 0 saturated carbocycles. The maximum atomic E-state index is 11.9. The van der Waals surface area contributed by atoms with Crippen LogP contribution in [0.15, 0.2) is 24.3 Å². The topological polar surface area (TPSA) is 67.6 Å². The van der Waals surface area contributed by atoms with E-state index in [0.717, 1.165) is 32.5 Å². The van der Waals surface area contributed by atoms with Crippen LogP contribution in [-0.2, 0) is 4.79 Å². The van der Waals surface area contributed by atoms with Crippen LogP contribution in [-0.4, -0.2) is 43.1 Å². The zero-order valence-corrected chi connectivity index (χ0v) is 12.0. The summed E-state index contributed by atoms with van der Waals surface area (Å²) in [5, 5.41) is 3.02. The Kier molecular flexibility index (Phi) is 5.24. The van der Waals surface area contributed by atoms with E-state index in [-0.39, 0.29) is 18.6 Å². The fourth-order valence-corrected chi connectivity index (χ4v) is 2.42. The number of nitrogen functional groups attached to an aromatic ring is 1. The second-order valence-corrected chi connectivity index (χ2v) is 5.10. The number of nitrogens with one attached hydrogen (secondary N) is 1. The Morgan fingerprint density at radius 3 is 2.75 bits per heavy atom. The van der Waals surface area contributed by atoms with Crippen LogP contribution in [0.5, 0.6) is 5.75 Å². The number of anilines is 1. The Labute approximate surface area is 120 Å². The Morgan fingerprint density at radius 1 is 1.40 bits per heavy atom. The Bertz CT molecular complexity index is 442. The molecule has 0 aliphatic carbocycles. The first kappa shape index (κ1) is 14.7. The van der Waals surface area contributed by atoms with Crippen molar-refractivity contribution in [2.24, 2.45) is 0 Å². The summed E-state index contributed by atoms with van der Waals surface area (Å²) in [7, 11) is 0. The molecule has 0 unspecified atom stereocenters. The molecule has 110 valence electrons. The molecule has 1 aliphatic heterocycles. The van der Waals surface area contributed by atoms with Gasteiger partial charge in [-0.15, -0.1) is 0 Å². The number of nitrogens with two attached hydrogens (primary N) is 1. The molecule has 0 radical (unpaired) electrons. The summed E-state index contributed by atoms with van der Waals surface area (Å²) in [5.41, 5.74) is 6.31. The number of amides is 1. The Morgan fingerprint density at radius 2 is 2.10 bits per heavy atom. The van der Waals surface area contributed by atoms with Gasteiger partial charge >= 0.3 is 0 Å². The van der Waals surface area contributed by atoms with E-state index in [9.17, 15) is 4.79 Å². The van der Waals surface area contributed by atoms with Crippen LogP contribution in [0.2, 0.25) is 0 Å². The minimum atomic E-state index is -0.0804. The van der Waals surface area contributed by atoms with Crippen molar-refractivity contribution in [1.29, 1.82) is 0 Å². The monoisotopic (exact) mass is 277 g/mol. The number of carbonyl (C=O) groups is 1. The average Bonchev–Trinajstić information content (AvgIpc) is 2.47. The molecule has 3 N–H and O–H groups in total. The van der Waals surface area contributed by atoms with Gasteiger partial charge in [0.05, 0.1) is 5.69 Å². The molecule has 1 aromatic rings. The van der Waals surface area contributed by atoms with Crippen LogP contribution in [0, 0.1) is 0 Å². The molecule has 1 heterocycles. The van der Waals surface area contributed by atoms with E-state index >= 15 is 0 Å². The van der Waals surface area contributed by atoms with Gasteiger partial charge in [-0.2, -0.15) is 0 Å². The maximum Gasteiger partial charge on any atom is 0.258 e. The van der Waals surface area contributed by atoms with Crippen molar-refractivity contribution in [3.8, 4) is 5.75 Å². The molecular weight excluding hydrogens is 254 g/mol. The number of benzene rings is 1. The summed E-state index contributed by atoms with van der Waals surface area (Å²) in [6.07, 6.45) is 2.01. The minimum Gasteiger partial charge on any atom is -0.482 e. The van der Waals surface area contributed by atoms with Crippen molar-refractivity contribution in [1.82, 2.24) is 10.2 Å². The number of likely N-dealkylation sites (tertiary alicyclic amines) is 1. The number of hydrogen-bond acceptors (Lipinski definition) is 4. The van der Waals surface area contributed by atoms with Crippen LogP contribution < -0.4 is 15.8 Å². The molecule has 0 spiro atoms. The standard InChI is InChI=1S/C15H23N3O2/c1-2-18-9-7-12(8-10-18)17-15(19)11-20-14-6-4-3-5-13(14)16/h3-6,12H,2,7-11,16H2,1H3,(H,17,19). The molecule has 5 nitrogen and oxygen atoms in total. The van der Waals surface area contributed by atoms with Gasteiger partial charge in [0.25, 0.3) is 5.91 Å². The molecule has 1 aromatic carbocycles. The number of para-hydroxylation sites is 2. The maximum absolute atomic E-state index is 11.9. The molecule has 0 bridgehead atoms. The first-order valence-corrected chi connectivity index (χ1v) is 7.18. The predicted molar refractivity (Wildman–Crippen MR) is 79.6 cm³/mol. The van der Waals surface area contributed by atoms with Crippen LogP contribution in [0.1, 0.15) is 19.8 Å². The normalized spacial score (nSPS) is 16.9. The number of rotatable bonds is 5. The molecule has 1 amide bonds. The number of nitrogens with zero attached hydrogens (tertiary/aromatic N) is 1. The van der Waals surface area contributed by atoms with Crippen molar-refractivity contribution in [2.75, 3.05) is 32.0 Å². The van der Waals surface area contributed by atoms with Gasteiger partial charge < -0.3 is 20.7 Å². The van der Waals surface area contributed by atoms with E-state index in [1.54, 1.807) is 12.1 Å². The van der Waals surface area contributed by atoms with Crippen molar-refractivity contribution in [3.05, 3.63) is 24.3 Å². The molecule has 0 aromatic heterocycles. The van der Waals surface area contributed by atoms with Gasteiger partial charge in [0.1, 0.15) is 5.75 Å². The molecular formula is C15H23N3O2. The van der Waals surface area contributed by atoms with Gasteiger partial charge in [0.2, 0.25) is 0 Å². The lowest BCUT2D eigenvalue weighted by atomic mass is 10.1. The number of hydrogen-bond donors (Lipinski definition) is 2. The third kappa shape index (κ3) is 4.13. The molecule has 0 atom stereocenters. The molecule has 1 fully saturated rings. The van der Waals surface area contributed by atoms with Gasteiger partial charge in [-0.1, -0.05) is 19.1 Å². The summed E-state index contributed by atoms with van der Waals surface area (Å²) in [6, 6.07) is 7.46. The minimum absolute atomic E-state index is 0.0161. The Balaban J connectivity index is 1.72. The third-order valence-electron chi connectivity index (χ3n) is 3.68. The SMILES string of the molecule is CCN1CCC(NC(=O)COc2ccccc2N)CC1. The largest absolute Gasteiger partial charge is 0.482 e. The van der Waals surface area contributed by atoms with Gasteiger partial charge in [0, 0.05) is 19.1 Å². The van der Waals surface area contributed by atoms with E-state index in [0.29, 0.717) is 11.4 Å². The molecule has 1 saturated heterocycles. The van der Waals surface area contributed by atoms with E-state index in [1.165, 1.54) is 0 Å². The van der Waals surface area contributed by atoms with Gasteiger partial charge in [-0.05, 0) is 31.5 Å². The number of piperidine rings is 1. The van der Waals surface area contributed by atoms with Crippen molar-refractivity contribution >= 4 is 11.6 Å². The van der Waals surface area contributed by atoms with Gasteiger partial charge in [0.15, 0.2) is 6.61 Å². The lowest BCUT2D eigenvalue weighted by Gasteiger charge is -2.31. The lowest BCUT2D eigenvalue weighted by molar-refractivity contribution is -0.124. The summed E-state index contributed by atoms with van der Waals surface area (Å²) >= 11 is 0. The third-order valence-corrected chi connectivity index (χ3v) is 3.68. The highest BCUT2D eigenvalue weighted by molar-refractivity contribution is 5.78. The number of ether oxygens (including phenoxy) is 1. The average molecular weight is 277 g/mol. The second kappa shape index (κ2) is 7.14. The molecule has 5 heteroatoms. The fourth-order valence-electron chi connectivity index (χ4n) is 2.42. The lowest BCUT2D eigenvalue weighted by Crippen LogP contribution is -2.45. The first-order valence-electron chi connectivity index (χ1n) is 7.18. The van der Waals surface area contributed by atoms with E-state index in [4.69, 9.17) is 10.5 Å². The van der Waals surface area contributed by atoms with Gasteiger partial charge in [-0.3, -0.25) is 4.79 Å².